The van der Waals surface area contributed by atoms with Crippen molar-refractivity contribution >= 4 is 23.1 Å². The Labute approximate surface area is 100 Å². The Kier molecular flexibility index (Phi) is 4.43. The van der Waals surface area contributed by atoms with Crippen LogP contribution in [0.25, 0.3) is 6.08 Å². The molecule has 1 rings (SSSR count). The zero-order valence-electron chi connectivity index (χ0n) is 9.69. The highest BCUT2D eigenvalue weighted by Gasteiger charge is 2.08. The van der Waals surface area contributed by atoms with Crippen LogP contribution in [0.2, 0.25) is 0 Å². The van der Waals surface area contributed by atoms with Crippen molar-refractivity contribution in [2.75, 3.05) is 21.2 Å². The van der Waals surface area contributed by atoms with E-state index in [-0.39, 0.29) is 5.24 Å². The summed E-state index contributed by atoms with van der Waals surface area (Å²) in [4.78, 5) is 13.9. The van der Waals surface area contributed by atoms with Gasteiger partial charge in [-0.3, -0.25) is 4.79 Å². The van der Waals surface area contributed by atoms with Crippen LogP contribution in [-0.2, 0) is 0 Å². The number of rotatable bonds is 3. The molecule has 16 heavy (non-hydrogen) atoms. The van der Waals surface area contributed by atoms with Crippen LogP contribution in [0.15, 0.2) is 29.7 Å². The molecule has 0 aliphatic carbocycles. The Bertz CT molecular complexity index is 402. The number of thioether (sulfide) groups is 1. The topological polar surface area (TPSA) is 29.5 Å². The van der Waals surface area contributed by atoms with Crippen molar-refractivity contribution in [2.45, 2.75) is 4.90 Å². The average molecular weight is 237 g/mol. The van der Waals surface area contributed by atoms with Gasteiger partial charge in [-0.25, -0.2) is 0 Å². The maximum absolute atomic E-state index is 11.5. The summed E-state index contributed by atoms with van der Waals surface area (Å²) in [6, 6.07) is 5.60. The summed E-state index contributed by atoms with van der Waals surface area (Å²) in [5, 5.41) is -0.00611. The third-order valence-corrected chi connectivity index (χ3v) is 3.02. The molecule has 1 amide bonds. The number of benzene rings is 1. The van der Waals surface area contributed by atoms with Crippen molar-refractivity contribution in [2.24, 2.45) is 0 Å². The van der Waals surface area contributed by atoms with Gasteiger partial charge in [-0.2, -0.15) is 0 Å². The van der Waals surface area contributed by atoms with Gasteiger partial charge in [0.15, 0.2) is 0 Å². The van der Waals surface area contributed by atoms with Gasteiger partial charge in [0.25, 0.3) is 5.24 Å². The minimum atomic E-state index is -0.00611. The molecule has 0 spiro atoms. The smallest absolute Gasteiger partial charge is 0.285 e. The van der Waals surface area contributed by atoms with E-state index in [4.69, 9.17) is 4.74 Å². The predicted octanol–water partition coefficient (Wildman–Crippen LogP) is 3.11. The Balaban J connectivity index is 2.91. The molecule has 0 bridgehead atoms. The van der Waals surface area contributed by atoms with Crippen molar-refractivity contribution in [1.29, 1.82) is 0 Å². The molecule has 3 nitrogen and oxygen atoms in total. The summed E-state index contributed by atoms with van der Waals surface area (Å²) in [6.45, 7) is 3.70. The molecule has 86 valence electrons. The van der Waals surface area contributed by atoms with Crippen molar-refractivity contribution in [3.05, 3.63) is 30.3 Å². The molecule has 0 saturated heterocycles. The van der Waals surface area contributed by atoms with E-state index in [1.165, 1.54) is 11.8 Å². The van der Waals surface area contributed by atoms with Crippen LogP contribution < -0.4 is 4.74 Å². The predicted molar refractivity (Wildman–Crippen MR) is 68.0 cm³/mol. The zero-order chi connectivity index (χ0) is 12.1. The zero-order valence-corrected chi connectivity index (χ0v) is 10.5. The number of hydrogen-bond donors (Lipinski definition) is 0. The number of nitrogens with zero attached hydrogens (tertiary/aromatic N) is 1. The second-order valence-corrected chi connectivity index (χ2v) is 4.40. The van der Waals surface area contributed by atoms with Crippen LogP contribution in [0.3, 0.4) is 0 Å². The van der Waals surface area contributed by atoms with Crippen LogP contribution in [-0.4, -0.2) is 31.3 Å². The van der Waals surface area contributed by atoms with Crippen molar-refractivity contribution in [1.82, 2.24) is 4.90 Å². The Morgan fingerprint density at radius 1 is 1.50 bits per heavy atom. The molecule has 1 aromatic rings. The third kappa shape index (κ3) is 3.03. The first kappa shape index (κ1) is 12.6. The monoisotopic (exact) mass is 237 g/mol. The molecule has 0 aromatic heterocycles. The molecule has 1 aromatic carbocycles. The van der Waals surface area contributed by atoms with E-state index in [9.17, 15) is 4.79 Å². The highest BCUT2D eigenvalue weighted by atomic mass is 32.2. The second kappa shape index (κ2) is 5.61. The van der Waals surface area contributed by atoms with Gasteiger partial charge in [-0.1, -0.05) is 18.7 Å². The largest absolute Gasteiger partial charge is 0.496 e. The Hall–Kier alpha value is -1.42. The van der Waals surface area contributed by atoms with E-state index < -0.39 is 0 Å². The minimum absolute atomic E-state index is 0.00611. The van der Waals surface area contributed by atoms with Gasteiger partial charge < -0.3 is 9.64 Å². The standard InChI is InChI=1S/C12H15NO2S/c1-5-9-6-7-10(8-11(9)15-4)16-12(14)13(2)3/h5-8H,1H2,2-4H3. The lowest BCUT2D eigenvalue weighted by Crippen LogP contribution is -2.15. The molecule has 0 fully saturated rings. The number of methoxy groups -OCH3 is 1. The van der Waals surface area contributed by atoms with E-state index in [2.05, 4.69) is 6.58 Å². The summed E-state index contributed by atoms with van der Waals surface area (Å²) in [7, 11) is 5.06. The quantitative estimate of drug-likeness (QED) is 0.756. The summed E-state index contributed by atoms with van der Waals surface area (Å²) in [5.74, 6) is 0.728. The number of amides is 1. The van der Waals surface area contributed by atoms with Crippen molar-refractivity contribution < 1.29 is 9.53 Å². The van der Waals surface area contributed by atoms with E-state index >= 15 is 0 Å². The normalized spacial score (nSPS) is 9.69. The first-order valence-corrected chi connectivity index (χ1v) is 5.59. The maximum atomic E-state index is 11.5. The van der Waals surface area contributed by atoms with Crippen molar-refractivity contribution in [3.8, 4) is 5.75 Å². The molecule has 0 aliphatic rings. The van der Waals surface area contributed by atoms with Gasteiger partial charge in [0.1, 0.15) is 5.75 Å². The van der Waals surface area contributed by atoms with E-state index in [1.807, 2.05) is 18.2 Å². The number of ether oxygens (including phenoxy) is 1. The van der Waals surface area contributed by atoms with Gasteiger partial charge in [-0.15, -0.1) is 0 Å². The van der Waals surface area contributed by atoms with Gasteiger partial charge in [0.2, 0.25) is 0 Å². The van der Waals surface area contributed by atoms with Crippen LogP contribution in [0.4, 0.5) is 4.79 Å². The molecule has 0 atom stereocenters. The number of hydrogen-bond acceptors (Lipinski definition) is 3. The maximum Gasteiger partial charge on any atom is 0.285 e. The molecule has 4 heteroatoms. The lowest BCUT2D eigenvalue weighted by Gasteiger charge is -2.10. The molecule has 0 aliphatic heterocycles. The molecule has 0 radical (unpaired) electrons. The molecule has 0 N–H and O–H groups in total. The second-order valence-electron chi connectivity index (χ2n) is 3.37. The minimum Gasteiger partial charge on any atom is -0.496 e. The fourth-order valence-electron chi connectivity index (χ4n) is 1.12. The lowest BCUT2D eigenvalue weighted by molar-refractivity contribution is 0.241. The highest BCUT2D eigenvalue weighted by Crippen LogP contribution is 2.28. The van der Waals surface area contributed by atoms with Gasteiger partial charge in [0.05, 0.1) is 7.11 Å². The van der Waals surface area contributed by atoms with Crippen LogP contribution >= 0.6 is 11.8 Å². The SMILES string of the molecule is C=Cc1ccc(SC(=O)N(C)C)cc1OC. The summed E-state index contributed by atoms with van der Waals surface area (Å²) < 4.78 is 5.21. The third-order valence-electron chi connectivity index (χ3n) is 2.00. The molecule has 0 heterocycles. The Morgan fingerprint density at radius 2 is 2.19 bits per heavy atom. The van der Waals surface area contributed by atoms with Gasteiger partial charge in [0, 0.05) is 24.6 Å². The number of carbonyl (C=O) groups excluding carboxylic acids is 1. The van der Waals surface area contributed by atoms with E-state index in [0.717, 1.165) is 16.2 Å². The summed E-state index contributed by atoms with van der Waals surface area (Å²) >= 11 is 1.17. The van der Waals surface area contributed by atoms with Crippen molar-refractivity contribution in [3.63, 3.8) is 0 Å². The molecule has 0 unspecified atom stereocenters. The first-order valence-electron chi connectivity index (χ1n) is 4.78. The van der Waals surface area contributed by atoms with Crippen LogP contribution in [0.1, 0.15) is 5.56 Å². The summed E-state index contributed by atoms with van der Waals surface area (Å²) in [6.07, 6.45) is 1.72. The fraction of sp³-hybridized carbons (Fsp3) is 0.250. The highest BCUT2D eigenvalue weighted by molar-refractivity contribution is 8.13. The molecular formula is C12H15NO2S. The molecular weight excluding hydrogens is 222 g/mol. The average Bonchev–Trinajstić information content (AvgIpc) is 2.28. The van der Waals surface area contributed by atoms with Crippen LogP contribution in [0, 0.1) is 0 Å². The molecule has 0 saturated carbocycles. The fourth-order valence-corrected chi connectivity index (χ4v) is 1.80. The lowest BCUT2D eigenvalue weighted by atomic mass is 10.2. The number of carbonyl (C=O) groups is 1. The Morgan fingerprint density at radius 3 is 2.69 bits per heavy atom. The van der Waals surface area contributed by atoms with Crippen LogP contribution in [0.5, 0.6) is 5.75 Å². The van der Waals surface area contributed by atoms with Gasteiger partial charge in [-0.05, 0) is 23.9 Å². The van der Waals surface area contributed by atoms with Gasteiger partial charge >= 0.3 is 0 Å². The van der Waals surface area contributed by atoms with E-state index in [1.54, 1.807) is 32.2 Å². The first-order chi connectivity index (χ1) is 7.58. The summed E-state index contributed by atoms with van der Waals surface area (Å²) in [5.41, 5.74) is 0.921. The van der Waals surface area contributed by atoms with E-state index in [0.29, 0.717) is 0 Å².